The summed E-state index contributed by atoms with van der Waals surface area (Å²) >= 11 is 0. The normalized spacial score (nSPS) is 12.0. The van der Waals surface area contributed by atoms with Gasteiger partial charge in [0.1, 0.15) is 11.9 Å². The van der Waals surface area contributed by atoms with Crippen LogP contribution in [0.25, 0.3) is 0 Å². The third-order valence-corrected chi connectivity index (χ3v) is 1.30. The molecule has 4 heteroatoms. The topological polar surface area (TPSA) is 76.9 Å². The quantitative estimate of drug-likeness (QED) is 0.474. The Kier molecular flexibility index (Phi) is 7.04. The Labute approximate surface area is 67.1 Å². The third-order valence-electron chi connectivity index (χ3n) is 1.30. The molecule has 0 aliphatic carbocycles. The highest BCUT2D eigenvalue weighted by atomic mass is 16.5. The second-order valence-corrected chi connectivity index (χ2v) is 2.44. The molecule has 0 aliphatic rings. The lowest BCUT2D eigenvalue weighted by Crippen LogP contribution is -2.26. The molecule has 0 aliphatic heterocycles. The van der Waals surface area contributed by atoms with E-state index in [-0.39, 0.29) is 23.3 Å². The van der Waals surface area contributed by atoms with Gasteiger partial charge in [-0.2, -0.15) is 0 Å². The van der Waals surface area contributed by atoms with Crippen LogP contribution in [0.5, 0.6) is 0 Å². The predicted octanol–water partition coefficient (Wildman–Crippen LogP) is 0.511. The minimum Gasteiger partial charge on any atom is -0.412 e. The molecule has 0 bridgehead atoms. The lowest BCUT2D eigenvalue weighted by Gasteiger charge is -2.16. The van der Waals surface area contributed by atoms with Crippen molar-refractivity contribution < 1.29 is 10.2 Å². The smallest absolute Gasteiger partial charge is 0.149 e. The first-order chi connectivity index (χ1) is 4.63. The predicted molar refractivity (Wildman–Crippen MR) is 46.5 cm³/mol. The number of nitrogens with zero attached hydrogens (tertiary/aromatic N) is 1. The Balaban J connectivity index is 0. The molecular formula is C7H16N2O2. The van der Waals surface area contributed by atoms with Crippen molar-refractivity contribution in [3.63, 3.8) is 0 Å². The Hall–Kier alpha value is -0.740. The Bertz CT molecular complexity index is 134. The molecule has 1 atom stereocenters. The van der Waals surface area contributed by atoms with Gasteiger partial charge in [-0.3, -0.25) is 5.41 Å². The van der Waals surface area contributed by atoms with Gasteiger partial charge in [-0.15, -0.1) is 0 Å². The van der Waals surface area contributed by atoms with E-state index in [0.717, 1.165) is 0 Å². The molecule has 0 saturated heterocycles. The first kappa shape index (κ1) is 12.9. The number of amidine groups is 1. The molecule has 0 radical (unpaired) electrons. The van der Waals surface area contributed by atoms with Gasteiger partial charge < -0.3 is 10.2 Å². The molecule has 3 N–H and O–H groups in total. The van der Waals surface area contributed by atoms with Gasteiger partial charge in [-0.05, 0) is 12.6 Å². The molecule has 0 amide bonds. The van der Waals surface area contributed by atoms with Crippen molar-refractivity contribution in [2.45, 2.75) is 20.0 Å². The second kappa shape index (κ2) is 6.00. The van der Waals surface area contributed by atoms with Gasteiger partial charge in [-0.25, -0.2) is 4.99 Å². The van der Waals surface area contributed by atoms with E-state index in [1.807, 2.05) is 13.8 Å². The summed E-state index contributed by atoms with van der Waals surface area (Å²) in [5, 5.41) is 7.27. The van der Waals surface area contributed by atoms with Crippen LogP contribution in [0.4, 0.5) is 0 Å². The van der Waals surface area contributed by atoms with Gasteiger partial charge in [0, 0.05) is 7.11 Å². The average Bonchev–Trinajstić information content (AvgIpc) is 1.88. The number of hydrogen-bond donors (Lipinski definition) is 1. The lowest BCUT2D eigenvalue weighted by atomic mass is 10.1. The first-order valence-electron chi connectivity index (χ1n) is 3.21. The highest BCUT2D eigenvalue weighted by Gasteiger charge is 2.15. The van der Waals surface area contributed by atoms with E-state index in [2.05, 4.69) is 11.7 Å². The molecule has 0 spiro atoms. The van der Waals surface area contributed by atoms with Crippen LogP contribution in [0.2, 0.25) is 0 Å². The van der Waals surface area contributed by atoms with Crippen molar-refractivity contribution in [3.8, 4) is 0 Å². The van der Waals surface area contributed by atoms with Crippen molar-refractivity contribution in [1.82, 2.24) is 0 Å². The van der Waals surface area contributed by atoms with Gasteiger partial charge >= 0.3 is 0 Å². The minimum atomic E-state index is -0.211. The number of methoxy groups -OCH3 is 1. The van der Waals surface area contributed by atoms with E-state index >= 15 is 0 Å². The summed E-state index contributed by atoms with van der Waals surface area (Å²) in [6.07, 6.45) is -0.211. The molecule has 0 unspecified atom stereocenters. The molecule has 0 aromatic rings. The fourth-order valence-corrected chi connectivity index (χ4v) is 0.790. The summed E-state index contributed by atoms with van der Waals surface area (Å²) in [4.78, 5) is 3.49. The van der Waals surface area contributed by atoms with Crippen LogP contribution in [0.1, 0.15) is 13.8 Å². The number of aliphatic imine (C=N–C) groups is 1. The highest BCUT2D eigenvalue weighted by molar-refractivity contribution is 5.87. The summed E-state index contributed by atoms with van der Waals surface area (Å²) in [6, 6.07) is 0. The van der Waals surface area contributed by atoms with Gasteiger partial charge in [-0.1, -0.05) is 13.8 Å². The maximum Gasteiger partial charge on any atom is 0.149 e. The van der Waals surface area contributed by atoms with Crippen molar-refractivity contribution in [3.05, 3.63) is 0 Å². The molecule has 0 aromatic carbocycles. The van der Waals surface area contributed by atoms with E-state index in [9.17, 15) is 0 Å². The monoisotopic (exact) mass is 160 g/mol. The standard InChI is InChI=1S/C7H14N2O.H2O/c1-5(2)6(10-4)7(8)9-3;/h5-6,8H,3H2,1-2,4H3;1H2/t6-;/m0./s1. The summed E-state index contributed by atoms with van der Waals surface area (Å²) in [7, 11) is 1.57. The average molecular weight is 160 g/mol. The summed E-state index contributed by atoms with van der Waals surface area (Å²) in [5.41, 5.74) is 0. The maximum atomic E-state index is 7.27. The van der Waals surface area contributed by atoms with Crippen LogP contribution >= 0.6 is 0 Å². The Morgan fingerprint density at radius 3 is 2.09 bits per heavy atom. The molecule has 0 saturated carbocycles. The lowest BCUT2D eigenvalue weighted by molar-refractivity contribution is 0.117. The number of ether oxygens (including phenoxy) is 1. The first-order valence-corrected chi connectivity index (χ1v) is 3.21. The summed E-state index contributed by atoms with van der Waals surface area (Å²) in [5.74, 6) is 0.487. The fraction of sp³-hybridized carbons (Fsp3) is 0.714. The van der Waals surface area contributed by atoms with Gasteiger partial charge in [0.05, 0.1) is 0 Å². The van der Waals surface area contributed by atoms with Crippen LogP contribution in [0.15, 0.2) is 4.99 Å². The number of nitrogens with one attached hydrogen (secondary N) is 1. The molecule has 11 heavy (non-hydrogen) atoms. The van der Waals surface area contributed by atoms with Crippen molar-refractivity contribution in [2.24, 2.45) is 10.9 Å². The molecule has 66 valence electrons. The zero-order valence-electron chi connectivity index (χ0n) is 7.22. The van der Waals surface area contributed by atoms with Crippen molar-refractivity contribution in [1.29, 1.82) is 5.41 Å². The zero-order chi connectivity index (χ0) is 8.15. The highest BCUT2D eigenvalue weighted by Crippen LogP contribution is 2.06. The second-order valence-electron chi connectivity index (χ2n) is 2.44. The molecule has 0 aromatic heterocycles. The number of hydrogen-bond acceptors (Lipinski definition) is 2. The van der Waals surface area contributed by atoms with Gasteiger partial charge in [0.2, 0.25) is 0 Å². The third kappa shape index (κ3) is 3.85. The SMILES string of the molecule is C=NC(=N)[C@@H](OC)C(C)C.O. The van der Waals surface area contributed by atoms with E-state index in [1.165, 1.54) is 0 Å². The van der Waals surface area contributed by atoms with E-state index in [4.69, 9.17) is 10.1 Å². The molecule has 4 nitrogen and oxygen atoms in total. The summed E-state index contributed by atoms with van der Waals surface area (Å²) < 4.78 is 5.01. The Morgan fingerprint density at radius 2 is 2.00 bits per heavy atom. The van der Waals surface area contributed by atoms with Crippen LogP contribution < -0.4 is 0 Å². The van der Waals surface area contributed by atoms with Crippen LogP contribution in [-0.2, 0) is 4.74 Å². The van der Waals surface area contributed by atoms with Crippen molar-refractivity contribution >= 4 is 12.6 Å². The van der Waals surface area contributed by atoms with Crippen LogP contribution in [0.3, 0.4) is 0 Å². The van der Waals surface area contributed by atoms with Crippen LogP contribution in [0, 0.1) is 11.3 Å². The van der Waals surface area contributed by atoms with Gasteiger partial charge in [0.25, 0.3) is 0 Å². The Morgan fingerprint density at radius 1 is 1.55 bits per heavy atom. The molecule has 0 heterocycles. The summed E-state index contributed by atoms with van der Waals surface area (Å²) in [6.45, 7) is 7.22. The van der Waals surface area contributed by atoms with Crippen molar-refractivity contribution in [2.75, 3.05) is 7.11 Å². The van der Waals surface area contributed by atoms with Crippen LogP contribution in [-0.4, -0.2) is 31.2 Å². The zero-order valence-corrected chi connectivity index (χ0v) is 7.22. The largest absolute Gasteiger partial charge is 0.412 e. The fourth-order valence-electron chi connectivity index (χ4n) is 0.790. The molecule has 0 rings (SSSR count). The van der Waals surface area contributed by atoms with E-state index < -0.39 is 0 Å². The van der Waals surface area contributed by atoms with Gasteiger partial charge in [0.15, 0.2) is 0 Å². The molecule has 0 fully saturated rings. The van der Waals surface area contributed by atoms with E-state index in [1.54, 1.807) is 7.11 Å². The number of rotatable bonds is 3. The molecular weight excluding hydrogens is 144 g/mol. The maximum absolute atomic E-state index is 7.27. The van der Waals surface area contributed by atoms with E-state index in [0.29, 0.717) is 0 Å². The minimum absolute atomic E-state index is 0.